The quantitative estimate of drug-likeness (QED) is 0.0110. The summed E-state index contributed by atoms with van der Waals surface area (Å²) in [7, 11) is -67.1. The molecule has 7 aromatic rings. The minimum absolute atomic E-state index is 0. The third-order valence-corrected chi connectivity index (χ3v) is 28.6. The van der Waals surface area contributed by atoms with Crippen molar-refractivity contribution in [3.05, 3.63) is 54.6 Å². The maximum absolute atomic E-state index is 14.4. The van der Waals surface area contributed by atoms with Crippen molar-refractivity contribution in [1.82, 2.24) is 68.2 Å². The zero-order valence-electron chi connectivity index (χ0n) is 51.4. The molecule has 2 aliphatic heterocycles. The predicted molar refractivity (Wildman–Crippen MR) is 360 cm³/mol. The maximum atomic E-state index is 14.4. The van der Waals surface area contributed by atoms with E-state index >= 15 is 0 Å². The molecular weight excluding hydrogens is 1730 g/mol. The molecule has 1 radical (unpaired) electrons. The summed E-state index contributed by atoms with van der Waals surface area (Å²) in [5.41, 5.74) is -6.06. The van der Waals surface area contributed by atoms with E-state index in [9.17, 15) is 137 Å². The molecule has 46 nitrogen and oxygen atoms in total. The van der Waals surface area contributed by atoms with Crippen molar-refractivity contribution in [1.29, 1.82) is 0 Å². The summed E-state index contributed by atoms with van der Waals surface area (Å²) in [5.74, 6) is -8.11. The molecule has 13 N–H and O–H groups in total. The van der Waals surface area contributed by atoms with Gasteiger partial charge < -0.3 is 34.5 Å². The summed E-state index contributed by atoms with van der Waals surface area (Å²) >= 11 is 0. The SMILES string of the molecule is C=S(=O)(O)CCNS(=O)(=O)c1cc2c3nc4nc(nc5[n-]c(nc6nc(nc([n-]3)c2cc1S(=O)(=O)NCCS(=O)(=O)O)-c1cc(S(=O)(=O)NCCS(=O)(=O)O)ccc1-6)c1cc(S(=O)(=O)NCCS(=O)(=O)O)c(S(=O)(=O)NCCS(=O)(=O)O)cc51)-c1cc(S(=O)(=O)NCCS(=O)(=O)O)c(S(=O)(=O)O)cc1-4.[Cu+2]. The first-order chi connectivity index (χ1) is 47.3. The van der Waals surface area contributed by atoms with Gasteiger partial charge in [-0.3, -0.25) is 27.3 Å². The van der Waals surface area contributed by atoms with Gasteiger partial charge in [0, 0.05) is 84.1 Å². The van der Waals surface area contributed by atoms with Crippen LogP contribution in [0.4, 0.5) is 0 Å². The maximum Gasteiger partial charge on any atom is 2.00 e. The van der Waals surface area contributed by atoms with Gasteiger partial charge in [-0.1, -0.05) is 6.07 Å². The van der Waals surface area contributed by atoms with E-state index < -0.39 is 323 Å². The Hall–Kier alpha value is -6.34. The Balaban J connectivity index is 0.0000139. The van der Waals surface area contributed by atoms with Crippen LogP contribution in [0.15, 0.2) is 88.9 Å². The number of hydrogen-bond acceptors (Lipinski definition) is 31. The van der Waals surface area contributed by atoms with Crippen LogP contribution in [-0.2, 0) is 148 Å². The molecule has 0 saturated carbocycles. The standard InChI is InChI=1S/C45H48N14O32S13.Cu/c1-92(60,61)10-4-47-99(79,80)32-18-29-28(20-33(32)100(81,82)48-6-12-94(65,66)67)41-54-39-25-16-23(98(77,78)46-5-11-93(62,63)64)2-3-24(25)38(52-39)53-40-26-17-34(101(83,84)49-7-13-95(68,69)70)35(102(85,86)50-8-14-96(71,72)73)19-27(26)42(55-40)57-44-30-21-36(103(87,88)51-9-15-97(74,75)76)37(104(89,90)91)22-31(30)45(59-44)58-43(29)56-41;/h2-3,16-22,46-51H,1,4-15H2,(H7-2,52,53,54,55,56,57,58,59,60,61,62,63,64,65,66,67,68,69,70,71,72,73,74,75,76,89,90,91);/q-2;+2. The van der Waals surface area contributed by atoms with Gasteiger partial charge >= 0.3 is 17.1 Å². The van der Waals surface area contributed by atoms with Crippen LogP contribution in [0.5, 0.6) is 0 Å². The van der Waals surface area contributed by atoms with Crippen LogP contribution in [0, 0.1) is 0 Å². The average molecular weight is 1780 g/mol. The number of fused-ring (bicyclic) bond motifs is 20. The Labute approximate surface area is 606 Å². The van der Waals surface area contributed by atoms with Crippen molar-refractivity contribution in [2.24, 2.45) is 0 Å². The Morgan fingerprint density at radius 1 is 0.295 bits per heavy atom. The molecule has 0 fully saturated rings. The Morgan fingerprint density at radius 3 is 0.800 bits per heavy atom. The molecule has 4 aromatic carbocycles. The van der Waals surface area contributed by atoms with Crippen LogP contribution >= 0.6 is 0 Å². The van der Waals surface area contributed by atoms with Gasteiger partial charge in [0.1, 0.15) is 29.4 Å². The molecule has 0 spiro atoms. The fourth-order valence-electron chi connectivity index (χ4n) is 9.41. The van der Waals surface area contributed by atoms with Crippen LogP contribution in [0.1, 0.15) is 0 Å². The molecule has 9 rings (SSSR count). The summed E-state index contributed by atoms with van der Waals surface area (Å²) in [4.78, 5) is 25.6. The fourth-order valence-corrected chi connectivity index (χ4v) is 21.6. The predicted octanol–water partition coefficient (Wildman–Crippen LogP) is -5.33. The molecule has 0 amide bonds. The van der Waals surface area contributed by atoms with Gasteiger partial charge in [0.05, 0.1) is 72.5 Å². The normalized spacial score (nSPS) is 14.4. The number of nitrogens with one attached hydrogen (secondary N) is 6. The molecule has 1 atom stereocenters. The first kappa shape index (κ1) is 84.3. The number of rotatable bonds is 31. The molecule has 579 valence electrons. The first-order valence-electron chi connectivity index (χ1n) is 27.5. The number of benzene rings is 4. The average Bonchev–Trinajstić information content (AvgIpc) is 1.67. The Kier molecular flexibility index (Phi) is 23.7. The van der Waals surface area contributed by atoms with Gasteiger partial charge in [0.2, 0.25) is 60.1 Å². The monoisotopic (exact) mass is 1770 g/mol. The van der Waals surface area contributed by atoms with Crippen molar-refractivity contribution in [2.45, 2.75) is 34.3 Å². The molecular formula is C45H48CuN14O32S13. The number of nitrogens with zero attached hydrogens (tertiary/aromatic N) is 8. The van der Waals surface area contributed by atoms with Crippen LogP contribution < -0.4 is 38.3 Å². The van der Waals surface area contributed by atoms with E-state index in [2.05, 4.69) is 45.7 Å². The zero-order valence-corrected chi connectivity index (χ0v) is 63.0. The zero-order chi connectivity index (χ0) is 77.5. The van der Waals surface area contributed by atoms with Crippen LogP contribution in [0.2, 0.25) is 0 Å². The molecule has 3 aromatic heterocycles. The van der Waals surface area contributed by atoms with Gasteiger partial charge in [0.15, 0.2) is 0 Å². The van der Waals surface area contributed by atoms with Crippen LogP contribution in [0.25, 0.3) is 89.7 Å². The topological polar surface area (TPSA) is 746 Å². The van der Waals surface area contributed by atoms with Crippen molar-refractivity contribution in [3.63, 3.8) is 0 Å². The van der Waals surface area contributed by atoms with Gasteiger partial charge in [-0.25, -0.2) is 93.0 Å². The third kappa shape index (κ3) is 20.5. The van der Waals surface area contributed by atoms with Gasteiger partial charge in [-0.05, 0) is 75.9 Å². The van der Waals surface area contributed by atoms with E-state index in [4.69, 9.17) is 0 Å². The molecule has 0 aliphatic carbocycles. The van der Waals surface area contributed by atoms with Gasteiger partial charge in [-0.2, -0.15) is 50.5 Å². The second kappa shape index (κ2) is 29.6. The Bertz CT molecular complexity index is 6560. The second-order valence-electron chi connectivity index (χ2n) is 21.5. The first-order valence-corrected chi connectivity index (χ1v) is 47.8. The summed E-state index contributed by atoms with van der Waals surface area (Å²) in [5, 5.41) is -2.82. The molecule has 1 unspecified atom stereocenters. The summed E-state index contributed by atoms with van der Waals surface area (Å²) in [6.07, 6.45) is 0. The molecule has 105 heavy (non-hydrogen) atoms. The molecule has 0 saturated heterocycles. The van der Waals surface area contributed by atoms with E-state index in [-0.39, 0.29) is 22.6 Å². The Morgan fingerprint density at radius 2 is 0.533 bits per heavy atom. The van der Waals surface area contributed by atoms with E-state index in [1.54, 1.807) is 18.9 Å². The molecule has 8 bridgehead atoms. The fraction of sp³-hybridized carbons (Fsp3) is 0.267. The van der Waals surface area contributed by atoms with Crippen LogP contribution in [-0.4, -0.2) is 247 Å². The van der Waals surface area contributed by atoms with Crippen molar-refractivity contribution in [3.8, 4) is 45.6 Å². The minimum atomic E-state index is -5.91. The van der Waals surface area contributed by atoms with Gasteiger partial charge in [-0.15, -0.1) is 0 Å². The van der Waals surface area contributed by atoms with E-state index in [1.165, 1.54) is 0 Å². The van der Waals surface area contributed by atoms with Gasteiger partial charge in [0.25, 0.3) is 60.7 Å². The summed E-state index contributed by atoms with van der Waals surface area (Å²) < 4.78 is 405. The molecule has 2 aliphatic rings. The largest absolute Gasteiger partial charge is 2.00 e. The molecule has 5 heterocycles. The van der Waals surface area contributed by atoms with E-state index in [0.29, 0.717) is 36.4 Å². The number of sulfonamides is 6. The van der Waals surface area contributed by atoms with Crippen molar-refractivity contribution in [2.75, 3.05) is 73.8 Å². The third-order valence-electron chi connectivity index (χ3n) is 13.9. The summed E-state index contributed by atoms with van der Waals surface area (Å²) in [6, 6.07) is 5.17. The molecule has 60 heteroatoms. The number of aromatic nitrogens is 8. The minimum Gasteiger partial charge on any atom is -0.357 e. The van der Waals surface area contributed by atoms with Crippen molar-refractivity contribution < 1.29 is 154 Å². The van der Waals surface area contributed by atoms with E-state index in [0.717, 1.165) is 18.2 Å². The van der Waals surface area contributed by atoms with Crippen LogP contribution in [0.3, 0.4) is 0 Å². The van der Waals surface area contributed by atoms with Crippen molar-refractivity contribution >= 4 is 181 Å². The van der Waals surface area contributed by atoms with E-state index in [1.807, 2.05) is 9.44 Å². The second-order valence-corrected chi connectivity index (χ2v) is 43.1. The summed E-state index contributed by atoms with van der Waals surface area (Å²) in [6.45, 7) is -6.81. The smallest absolute Gasteiger partial charge is 0.357 e. The number of hydrogen-bond donors (Lipinski definition) is 13.